The Labute approximate surface area is 133 Å². The van der Waals surface area contributed by atoms with E-state index in [1.54, 1.807) is 20.8 Å². The quantitative estimate of drug-likeness (QED) is 0.817. The third kappa shape index (κ3) is 2.82. The summed E-state index contributed by atoms with van der Waals surface area (Å²) in [5.74, 6) is -0.615. The van der Waals surface area contributed by atoms with E-state index in [9.17, 15) is 14.0 Å². The monoisotopic (exact) mass is 374 g/mol. The number of benzene rings is 1. The fourth-order valence-electron chi connectivity index (χ4n) is 2.12. The second kappa shape index (κ2) is 5.77. The van der Waals surface area contributed by atoms with E-state index in [0.29, 0.717) is 16.8 Å². The number of hydrogen-bond donors (Lipinski definition) is 1. The zero-order chi connectivity index (χ0) is 15.9. The SMILES string of the molecule is Cc1cc(F)c(Br)cc1-n1c(=O)[nH]c(Cl)c(C(C)C)c1=O. The molecule has 4 nitrogen and oxygen atoms in total. The van der Waals surface area contributed by atoms with Crippen LogP contribution in [0, 0.1) is 12.7 Å². The number of nitrogens with zero attached hydrogens (tertiary/aromatic N) is 1. The normalized spacial score (nSPS) is 11.2. The molecule has 112 valence electrons. The van der Waals surface area contributed by atoms with Gasteiger partial charge in [0.25, 0.3) is 5.56 Å². The standard InChI is InChI=1S/C14H13BrClFN2O2/c1-6(2)11-12(16)18-14(21)19(13(11)20)10-5-8(15)9(17)4-7(10)3/h4-6H,1-3H3,(H,18,21). The van der Waals surface area contributed by atoms with Gasteiger partial charge in [-0.2, -0.15) is 0 Å². The van der Waals surface area contributed by atoms with Gasteiger partial charge in [-0.05, 0) is 46.5 Å². The molecule has 0 amide bonds. The molecule has 0 fully saturated rings. The van der Waals surface area contributed by atoms with E-state index >= 15 is 0 Å². The smallest absolute Gasteiger partial charge is 0.297 e. The van der Waals surface area contributed by atoms with Crippen molar-refractivity contribution in [1.29, 1.82) is 0 Å². The summed E-state index contributed by atoms with van der Waals surface area (Å²) in [7, 11) is 0. The molecule has 0 aliphatic heterocycles. The van der Waals surface area contributed by atoms with Crippen LogP contribution in [-0.2, 0) is 0 Å². The molecule has 0 radical (unpaired) electrons. The van der Waals surface area contributed by atoms with Crippen molar-refractivity contribution >= 4 is 27.5 Å². The fraction of sp³-hybridized carbons (Fsp3) is 0.286. The maximum Gasteiger partial charge on any atom is 0.334 e. The van der Waals surface area contributed by atoms with Gasteiger partial charge >= 0.3 is 5.69 Å². The highest BCUT2D eigenvalue weighted by atomic mass is 79.9. The van der Waals surface area contributed by atoms with E-state index in [2.05, 4.69) is 20.9 Å². The Balaban J connectivity index is 2.89. The highest BCUT2D eigenvalue weighted by Crippen LogP contribution is 2.23. The molecule has 0 saturated heterocycles. The molecule has 7 heteroatoms. The van der Waals surface area contributed by atoms with Crippen molar-refractivity contribution in [2.24, 2.45) is 0 Å². The third-order valence-corrected chi connectivity index (χ3v) is 4.05. The molecular formula is C14H13BrClFN2O2. The number of aromatic amines is 1. The lowest BCUT2D eigenvalue weighted by atomic mass is 10.1. The Hall–Kier alpha value is -1.40. The molecule has 0 bridgehead atoms. The van der Waals surface area contributed by atoms with Gasteiger partial charge in [-0.15, -0.1) is 0 Å². The van der Waals surface area contributed by atoms with Crippen molar-refractivity contribution in [3.05, 3.63) is 59.5 Å². The van der Waals surface area contributed by atoms with Crippen molar-refractivity contribution in [2.75, 3.05) is 0 Å². The summed E-state index contributed by atoms with van der Waals surface area (Å²) < 4.78 is 14.7. The number of rotatable bonds is 2. The lowest BCUT2D eigenvalue weighted by molar-refractivity contribution is 0.618. The number of hydrogen-bond acceptors (Lipinski definition) is 2. The van der Waals surface area contributed by atoms with Crippen LogP contribution in [0.2, 0.25) is 5.15 Å². The lowest BCUT2D eigenvalue weighted by Crippen LogP contribution is -2.37. The minimum Gasteiger partial charge on any atom is -0.297 e. The summed E-state index contributed by atoms with van der Waals surface area (Å²) in [6.45, 7) is 5.23. The van der Waals surface area contributed by atoms with E-state index < -0.39 is 17.1 Å². The lowest BCUT2D eigenvalue weighted by Gasteiger charge is -2.13. The largest absolute Gasteiger partial charge is 0.334 e. The summed E-state index contributed by atoms with van der Waals surface area (Å²) in [6, 6.07) is 2.66. The topological polar surface area (TPSA) is 54.9 Å². The van der Waals surface area contributed by atoms with Gasteiger partial charge in [0.05, 0.1) is 15.7 Å². The first-order valence-corrected chi connectivity index (χ1v) is 7.42. The highest BCUT2D eigenvalue weighted by Gasteiger charge is 2.18. The molecule has 1 aromatic carbocycles. The van der Waals surface area contributed by atoms with Crippen LogP contribution in [0.25, 0.3) is 5.69 Å². The van der Waals surface area contributed by atoms with Crippen LogP contribution in [0.4, 0.5) is 4.39 Å². The predicted molar refractivity (Wildman–Crippen MR) is 84.2 cm³/mol. The van der Waals surface area contributed by atoms with Crippen molar-refractivity contribution in [3.8, 4) is 5.69 Å². The molecule has 0 atom stereocenters. The van der Waals surface area contributed by atoms with Crippen molar-refractivity contribution in [1.82, 2.24) is 9.55 Å². The second-order valence-electron chi connectivity index (χ2n) is 5.01. The van der Waals surface area contributed by atoms with Gasteiger partial charge in [0, 0.05) is 0 Å². The summed E-state index contributed by atoms with van der Waals surface area (Å²) in [6.07, 6.45) is 0. The molecule has 0 saturated carbocycles. The Morgan fingerprint density at radius 3 is 2.52 bits per heavy atom. The molecule has 2 rings (SSSR count). The van der Waals surface area contributed by atoms with Crippen LogP contribution >= 0.6 is 27.5 Å². The first kappa shape index (κ1) is 16.0. The van der Waals surface area contributed by atoms with E-state index in [4.69, 9.17) is 11.6 Å². The molecule has 1 heterocycles. The number of H-pyrrole nitrogens is 1. The second-order valence-corrected chi connectivity index (χ2v) is 6.24. The van der Waals surface area contributed by atoms with Gasteiger partial charge in [-0.1, -0.05) is 25.4 Å². The molecule has 21 heavy (non-hydrogen) atoms. The molecule has 0 aliphatic carbocycles. The summed E-state index contributed by atoms with van der Waals surface area (Å²) in [5, 5.41) is 0.0371. The Morgan fingerprint density at radius 1 is 1.33 bits per heavy atom. The van der Waals surface area contributed by atoms with Crippen LogP contribution in [0.15, 0.2) is 26.2 Å². The fourth-order valence-corrected chi connectivity index (χ4v) is 2.83. The molecule has 1 N–H and O–H groups in total. The summed E-state index contributed by atoms with van der Waals surface area (Å²) in [4.78, 5) is 27.1. The Morgan fingerprint density at radius 2 is 1.95 bits per heavy atom. The number of halogens is 3. The number of aryl methyl sites for hydroxylation is 1. The summed E-state index contributed by atoms with van der Waals surface area (Å²) in [5.41, 5.74) is -0.0547. The van der Waals surface area contributed by atoms with Gasteiger partial charge in [0.1, 0.15) is 11.0 Å². The summed E-state index contributed by atoms with van der Waals surface area (Å²) >= 11 is 9.01. The van der Waals surface area contributed by atoms with Crippen LogP contribution in [-0.4, -0.2) is 9.55 Å². The highest BCUT2D eigenvalue weighted by molar-refractivity contribution is 9.10. The van der Waals surface area contributed by atoms with Gasteiger partial charge < -0.3 is 0 Å². The van der Waals surface area contributed by atoms with Gasteiger partial charge in [0.15, 0.2) is 0 Å². The van der Waals surface area contributed by atoms with E-state index in [1.165, 1.54) is 12.1 Å². The van der Waals surface area contributed by atoms with E-state index in [-0.39, 0.29) is 15.5 Å². The number of nitrogens with one attached hydrogen (secondary N) is 1. The number of aromatic nitrogens is 2. The molecule has 0 unspecified atom stereocenters. The van der Waals surface area contributed by atoms with Gasteiger partial charge in [0.2, 0.25) is 0 Å². The molecule has 2 aromatic rings. The van der Waals surface area contributed by atoms with Crippen molar-refractivity contribution in [3.63, 3.8) is 0 Å². The average Bonchev–Trinajstić information content (AvgIpc) is 2.34. The maximum atomic E-state index is 13.5. The van der Waals surface area contributed by atoms with Crippen molar-refractivity contribution < 1.29 is 4.39 Å². The molecule has 0 spiro atoms. The van der Waals surface area contributed by atoms with Crippen LogP contribution in [0.1, 0.15) is 30.9 Å². The third-order valence-electron chi connectivity index (χ3n) is 3.15. The molecule has 0 aliphatic rings. The zero-order valence-corrected chi connectivity index (χ0v) is 14.0. The zero-order valence-electron chi connectivity index (χ0n) is 11.6. The van der Waals surface area contributed by atoms with E-state index in [0.717, 1.165) is 4.57 Å². The van der Waals surface area contributed by atoms with Gasteiger partial charge in [-0.3, -0.25) is 9.78 Å². The molecular weight excluding hydrogens is 363 g/mol. The minimum absolute atomic E-state index is 0.0371. The maximum absolute atomic E-state index is 13.5. The van der Waals surface area contributed by atoms with Crippen LogP contribution < -0.4 is 11.2 Å². The Bertz CT molecular complexity index is 827. The van der Waals surface area contributed by atoms with Gasteiger partial charge in [-0.25, -0.2) is 13.8 Å². The molecule has 1 aromatic heterocycles. The average molecular weight is 376 g/mol. The van der Waals surface area contributed by atoms with Crippen molar-refractivity contribution in [2.45, 2.75) is 26.7 Å². The first-order chi connectivity index (χ1) is 9.73. The minimum atomic E-state index is -0.656. The van der Waals surface area contributed by atoms with E-state index in [1.807, 2.05) is 0 Å². The Kier molecular flexibility index (Phi) is 4.39. The first-order valence-electron chi connectivity index (χ1n) is 6.24. The van der Waals surface area contributed by atoms with Crippen LogP contribution in [0.3, 0.4) is 0 Å². The van der Waals surface area contributed by atoms with Crippen LogP contribution in [0.5, 0.6) is 0 Å². The predicted octanol–water partition coefficient (Wildman–Crippen LogP) is 3.51.